The largest absolute Gasteiger partial charge is 0.326 e. The van der Waals surface area contributed by atoms with Gasteiger partial charge in [-0.05, 0) is 36.4 Å². The molecule has 2 heterocycles. The number of amides is 2. The van der Waals surface area contributed by atoms with Gasteiger partial charge in [0.05, 0.1) is 5.75 Å². The summed E-state index contributed by atoms with van der Waals surface area (Å²) < 4.78 is 1.81. The first-order chi connectivity index (χ1) is 13.0. The molecule has 2 aromatic heterocycles. The number of thioether (sulfide) groups is 1. The van der Waals surface area contributed by atoms with Gasteiger partial charge in [-0.15, -0.1) is 10.2 Å². The molecule has 0 atom stereocenters. The Kier molecular flexibility index (Phi) is 5.82. The maximum absolute atomic E-state index is 12.2. The molecule has 0 radical (unpaired) electrons. The van der Waals surface area contributed by atoms with E-state index in [0.717, 1.165) is 5.69 Å². The number of aromatic nitrogens is 4. The second kappa shape index (κ2) is 8.45. The van der Waals surface area contributed by atoms with Crippen molar-refractivity contribution in [3.63, 3.8) is 0 Å². The van der Waals surface area contributed by atoms with E-state index in [1.54, 1.807) is 30.5 Å². The molecule has 138 valence electrons. The summed E-state index contributed by atoms with van der Waals surface area (Å²) >= 11 is 1.29. The molecule has 3 aromatic rings. The van der Waals surface area contributed by atoms with Gasteiger partial charge in [0.2, 0.25) is 11.8 Å². The Morgan fingerprint density at radius 3 is 2.37 bits per heavy atom. The maximum Gasteiger partial charge on any atom is 0.234 e. The van der Waals surface area contributed by atoms with Crippen molar-refractivity contribution in [3.05, 3.63) is 48.7 Å². The molecule has 0 saturated carbocycles. The van der Waals surface area contributed by atoms with Crippen LogP contribution in [-0.4, -0.2) is 37.3 Å². The first-order valence-corrected chi connectivity index (χ1v) is 9.12. The molecule has 0 fully saturated rings. The van der Waals surface area contributed by atoms with Gasteiger partial charge in [0.1, 0.15) is 5.69 Å². The third kappa shape index (κ3) is 4.91. The summed E-state index contributed by atoms with van der Waals surface area (Å²) in [6.07, 6.45) is 1.70. The fraction of sp³-hybridized carbons (Fsp3) is 0.167. The van der Waals surface area contributed by atoms with Crippen molar-refractivity contribution < 1.29 is 9.59 Å². The molecule has 0 saturated heterocycles. The van der Waals surface area contributed by atoms with Crippen LogP contribution in [0.1, 0.15) is 6.92 Å². The van der Waals surface area contributed by atoms with Crippen LogP contribution < -0.4 is 10.6 Å². The standard InChI is InChI=1S/C18H18N6O2S/c1-12(25)20-13-6-8-14(9-7-13)21-16(26)11-27-18-23-22-17(24(18)2)15-5-3-4-10-19-15/h3-10H,11H2,1-2H3,(H,20,25)(H,21,26). The number of benzene rings is 1. The van der Waals surface area contributed by atoms with Gasteiger partial charge in [0.15, 0.2) is 11.0 Å². The number of carbonyl (C=O) groups excluding carboxylic acids is 2. The summed E-state index contributed by atoms with van der Waals surface area (Å²) in [6, 6.07) is 12.5. The van der Waals surface area contributed by atoms with Crippen molar-refractivity contribution in [3.8, 4) is 11.5 Å². The van der Waals surface area contributed by atoms with Crippen LogP contribution in [-0.2, 0) is 16.6 Å². The third-order valence-corrected chi connectivity index (χ3v) is 4.57. The van der Waals surface area contributed by atoms with E-state index in [1.165, 1.54) is 18.7 Å². The van der Waals surface area contributed by atoms with Crippen LogP contribution in [0.25, 0.3) is 11.5 Å². The van der Waals surface area contributed by atoms with Gasteiger partial charge in [0.25, 0.3) is 0 Å². The minimum atomic E-state index is -0.158. The molecule has 9 heteroatoms. The normalized spacial score (nSPS) is 10.4. The van der Waals surface area contributed by atoms with Gasteiger partial charge in [0, 0.05) is 31.5 Å². The molecular weight excluding hydrogens is 364 g/mol. The van der Waals surface area contributed by atoms with Crippen molar-refractivity contribution in [1.82, 2.24) is 19.7 Å². The second-order valence-electron chi connectivity index (χ2n) is 5.68. The Balaban J connectivity index is 1.57. The highest BCUT2D eigenvalue weighted by Gasteiger charge is 2.13. The molecule has 0 unspecified atom stereocenters. The van der Waals surface area contributed by atoms with Crippen molar-refractivity contribution in [2.24, 2.45) is 7.05 Å². The minimum Gasteiger partial charge on any atom is -0.326 e. The molecule has 0 aliphatic rings. The van der Waals surface area contributed by atoms with E-state index in [1.807, 2.05) is 29.8 Å². The molecule has 8 nitrogen and oxygen atoms in total. The molecule has 27 heavy (non-hydrogen) atoms. The molecule has 2 N–H and O–H groups in total. The van der Waals surface area contributed by atoms with Crippen molar-refractivity contribution in [2.75, 3.05) is 16.4 Å². The van der Waals surface area contributed by atoms with E-state index in [-0.39, 0.29) is 17.6 Å². The van der Waals surface area contributed by atoms with Crippen LogP contribution in [0.4, 0.5) is 11.4 Å². The Hall–Kier alpha value is -3.20. The number of anilines is 2. The van der Waals surface area contributed by atoms with Gasteiger partial charge in [-0.1, -0.05) is 17.8 Å². The molecular formula is C18H18N6O2S. The summed E-state index contributed by atoms with van der Waals surface area (Å²) in [6.45, 7) is 1.44. The Labute approximate surface area is 160 Å². The number of rotatable bonds is 6. The lowest BCUT2D eigenvalue weighted by atomic mass is 10.3. The fourth-order valence-electron chi connectivity index (χ4n) is 2.33. The third-order valence-electron chi connectivity index (χ3n) is 3.55. The van der Waals surface area contributed by atoms with E-state index in [2.05, 4.69) is 25.8 Å². The van der Waals surface area contributed by atoms with Crippen LogP contribution in [0.3, 0.4) is 0 Å². The van der Waals surface area contributed by atoms with Gasteiger partial charge in [-0.25, -0.2) is 0 Å². The van der Waals surface area contributed by atoms with Crippen LogP contribution in [0.15, 0.2) is 53.8 Å². The van der Waals surface area contributed by atoms with Crippen molar-refractivity contribution >= 4 is 35.0 Å². The fourth-order valence-corrected chi connectivity index (χ4v) is 3.04. The Bertz CT molecular complexity index is 940. The summed E-state index contributed by atoms with van der Waals surface area (Å²) in [5, 5.41) is 14.4. The minimum absolute atomic E-state index is 0.142. The molecule has 3 rings (SSSR count). The number of nitrogens with zero attached hydrogens (tertiary/aromatic N) is 4. The number of carbonyl (C=O) groups is 2. The zero-order valence-electron chi connectivity index (χ0n) is 14.8. The quantitative estimate of drug-likeness (QED) is 0.635. The molecule has 0 aliphatic carbocycles. The van der Waals surface area contributed by atoms with Crippen molar-refractivity contribution in [1.29, 1.82) is 0 Å². The average Bonchev–Trinajstić information content (AvgIpc) is 3.02. The van der Waals surface area contributed by atoms with Gasteiger partial charge in [-0.2, -0.15) is 0 Å². The number of hydrogen-bond donors (Lipinski definition) is 2. The summed E-state index contributed by atoms with van der Waals surface area (Å²) in [5.74, 6) is 0.542. The monoisotopic (exact) mass is 382 g/mol. The predicted octanol–water partition coefficient (Wildman–Crippen LogP) is 2.57. The molecule has 0 bridgehead atoms. The molecule has 1 aromatic carbocycles. The zero-order valence-corrected chi connectivity index (χ0v) is 15.7. The van der Waals surface area contributed by atoms with E-state index >= 15 is 0 Å². The second-order valence-corrected chi connectivity index (χ2v) is 6.62. The van der Waals surface area contributed by atoms with Crippen LogP contribution in [0.5, 0.6) is 0 Å². The summed E-state index contributed by atoms with van der Waals surface area (Å²) in [7, 11) is 1.84. The smallest absolute Gasteiger partial charge is 0.234 e. The Morgan fingerprint density at radius 1 is 1.04 bits per heavy atom. The van der Waals surface area contributed by atoms with Crippen LogP contribution in [0.2, 0.25) is 0 Å². The van der Waals surface area contributed by atoms with Crippen LogP contribution in [0, 0.1) is 0 Å². The van der Waals surface area contributed by atoms with E-state index in [4.69, 9.17) is 0 Å². The van der Waals surface area contributed by atoms with Gasteiger partial charge < -0.3 is 15.2 Å². The SMILES string of the molecule is CC(=O)Nc1ccc(NC(=O)CSc2nnc(-c3ccccn3)n2C)cc1. The highest BCUT2D eigenvalue weighted by atomic mass is 32.2. The maximum atomic E-state index is 12.2. The summed E-state index contributed by atoms with van der Waals surface area (Å²) in [4.78, 5) is 27.4. The molecule has 2 amide bonds. The molecule has 0 aliphatic heterocycles. The lowest BCUT2D eigenvalue weighted by Gasteiger charge is -2.07. The number of hydrogen-bond acceptors (Lipinski definition) is 6. The predicted molar refractivity (Wildman–Crippen MR) is 104 cm³/mol. The average molecular weight is 382 g/mol. The van der Waals surface area contributed by atoms with E-state index in [0.29, 0.717) is 22.4 Å². The first-order valence-electron chi connectivity index (χ1n) is 8.14. The van der Waals surface area contributed by atoms with Crippen molar-refractivity contribution in [2.45, 2.75) is 12.1 Å². The highest BCUT2D eigenvalue weighted by molar-refractivity contribution is 7.99. The molecule has 0 spiro atoms. The first kappa shape index (κ1) is 18.6. The number of nitrogens with one attached hydrogen (secondary N) is 2. The highest BCUT2D eigenvalue weighted by Crippen LogP contribution is 2.21. The summed E-state index contributed by atoms with van der Waals surface area (Å²) in [5.41, 5.74) is 2.06. The topological polar surface area (TPSA) is 102 Å². The lowest BCUT2D eigenvalue weighted by molar-refractivity contribution is -0.114. The van der Waals surface area contributed by atoms with E-state index < -0.39 is 0 Å². The van der Waals surface area contributed by atoms with Crippen LogP contribution >= 0.6 is 11.8 Å². The number of pyridine rings is 1. The lowest BCUT2D eigenvalue weighted by Crippen LogP contribution is -2.14. The van der Waals surface area contributed by atoms with Gasteiger partial charge in [-0.3, -0.25) is 14.6 Å². The van der Waals surface area contributed by atoms with E-state index in [9.17, 15) is 9.59 Å². The van der Waals surface area contributed by atoms with Gasteiger partial charge >= 0.3 is 0 Å². The zero-order chi connectivity index (χ0) is 19.2. The Morgan fingerprint density at radius 2 is 1.74 bits per heavy atom.